The number of imidazole rings is 1. The van der Waals surface area contributed by atoms with E-state index >= 15 is 0 Å². The van der Waals surface area contributed by atoms with Crippen molar-refractivity contribution in [2.75, 3.05) is 45.0 Å². The Morgan fingerprint density at radius 2 is 1.56 bits per heavy atom. The first-order valence-electron chi connectivity index (χ1n) is 11.9. The molecule has 2 aromatic heterocycles. The second kappa shape index (κ2) is 10.9. The quantitative estimate of drug-likeness (QED) is 0.418. The fourth-order valence-corrected chi connectivity index (χ4v) is 5.58. The largest absolute Gasteiger partial charge is 0.611 e. The lowest BCUT2D eigenvalue weighted by Gasteiger charge is -2.34. The van der Waals surface area contributed by atoms with Gasteiger partial charge in [-0.15, -0.1) is 0 Å². The number of benzene rings is 1. The average molecular weight is 487 g/mol. The first-order valence-corrected chi connectivity index (χ1v) is 13.2. The van der Waals surface area contributed by atoms with Crippen molar-refractivity contribution in [1.82, 2.24) is 28.5 Å². The number of aryl methyl sites for hydroxylation is 3. The Morgan fingerprint density at radius 3 is 2.21 bits per heavy atom. The van der Waals surface area contributed by atoms with E-state index in [4.69, 9.17) is 0 Å². The summed E-state index contributed by atoms with van der Waals surface area (Å²) < 4.78 is 16.9. The molecular weight excluding hydrogens is 452 g/mol. The topological polar surface area (TPSA) is 91.4 Å². The molecule has 1 aliphatic rings. The van der Waals surface area contributed by atoms with Crippen molar-refractivity contribution >= 4 is 22.3 Å². The molecule has 0 amide bonds. The minimum atomic E-state index is -0.937. The van der Waals surface area contributed by atoms with E-state index in [1.54, 1.807) is 25.0 Å². The highest BCUT2D eigenvalue weighted by Crippen LogP contribution is 2.14. The van der Waals surface area contributed by atoms with E-state index in [1.807, 2.05) is 31.2 Å². The molecule has 1 unspecified atom stereocenters. The molecule has 34 heavy (non-hydrogen) atoms. The van der Waals surface area contributed by atoms with Gasteiger partial charge in [0.2, 0.25) is 0 Å². The first kappa shape index (κ1) is 24.7. The van der Waals surface area contributed by atoms with Crippen LogP contribution < -0.4 is 11.2 Å². The summed E-state index contributed by atoms with van der Waals surface area (Å²) in [5.74, 6) is 0.688. The molecule has 1 fully saturated rings. The minimum Gasteiger partial charge on any atom is -0.611 e. The van der Waals surface area contributed by atoms with Gasteiger partial charge in [-0.25, -0.2) is 9.78 Å². The summed E-state index contributed by atoms with van der Waals surface area (Å²) >= 11 is -0.937. The Morgan fingerprint density at radius 1 is 0.941 bits per heavy atom. The average Bonchev–Trinajstić information content (AvgIpc) is 3.23. The van der Waals surface area contributed by atoms with Gasteiger partial charge in [0.15, 0.2) is 16.1 Å². The summed E-state index contributed by atoms with van der Waals surface area (Å²) in [5, 5.41) is 0. The molecular formula is C24H34N6O3S. The summed E-state index contributed by atoms with van der Waals surface area (Å²) in [4.78, 5) is 35.3. The summed E-state index contributed by atoms with van der Waals surface area (Å²) in [6.45, 7) is 8.15. The van der Waals surface area contributed by atoms with Crippen molar-refractivity contribution < 1.29 is 4.55 Å². The van der Waals surface area contributed by atoms with Crippen molar-refractivity contribution in [3.63, 3.8) is 0 Å². The van der Waals surface area contributed by atoms with Gasteiger partial charge < -0.3 is 18.9 Å². The maximum Gasteiger partial charge on any atom is 0.332 e. The standard InChI is InChI=1S/C24H34N6O3S/c1-19-6-8-20(9-7-19)34(33)17-5-11-29-15-13-28(14-16-29)10-4-12-30-23(31)21-22(25-18-26(21)2)27(3)24(30)32/h6-9,18H,4-5,10-17H2,1-3H3. The van der Waals surface area contributed by atoms with Crippen LogP contribution in [0.4, 0.5) is 0 Å². The van der Waals surface area contributed by atoms with Crippen molar-refractivity contribution in [3.8, 4) is 0 Å². The van der Waals surface area contributed by atoms with Crippen LogP contribution in [0.5, 0.6) is 0 Å². The molecule has 0 N–H and O–H groups in total. The van der Waals surface area contributed by atoms with Crippen LogP contribution >= 0.6 is 0 Å². The Balaban J connectivity index is 1.20. The van der Waals surface area contributed by atoms with Crippen LogP contribution in [0.25, 0.3) is 11.2 Å². The normalized spacial score (nSPS) is 16.4. The maximum atomic E-state index is 12.8. The van der Waals surface area contributed by atoms with Crippen LogP contribution in [0.15, 0.2) is 45.1 Å². The molecule has 10 heteroatoms. The van der Waals surface area contributed by atoms with Crippen LogP contribution in [0.2, 0.25) is 0 Å². The highest BCUT2D eigenvalue weighted by Gasteiger charge is 2.19. The molecule has 0 saturated carbocycles. The number of hydrogen-bond acceptors (Lipinski definition) is 6. The summed E-state index contributed by atoms with van der Waals surface area (Å²) in [6.07, 6.45) is 3.23. The molecule has 184 valence electrons. The summed E-state index contributed by atoms with van der Waals surface area (Å²) in [7, 11) is 3.42. The predicted molar refractivity (Wildman–Crippen MR) is 135 cm³/mol. The highest BCUT2D eigenvalue weighted by atomic mass is 32.2. The van der Waals surface area contributed by atoms with Gasteiger partial charge in [0.25, 0.3) is 5.56 Å². The Kier molecular flexibility index (Phi) is 7.92. The van der Waals surface area contributed by atoms with Gasteiger partial charge >= 0.3 is 5.69 Å². The lowest BCUT2D eigenvalue weighted by atomic mass is 10.2. The predicted octanol–water partition coefficient (Wildman–Crippen LogP) is 0.948. The first-order chi connectivity index (χ1) is 16.3. The fraction of sp³-hybridized carbons (Fsp3) is 0.542. The lowest BCUT2D eigenvalue weighted by molar-refractivity contribution is 0.130. The van der Waals surface area contributed by atoms with E-state index < -0.39 is 11.2 Å². The SMILES string of the molecule is Cc1ccc([S+]([O-])CCCN2CCN(CCCn3c(=O)c4c(ncn4C)n(C)c3=O)CC2)cc1. The molecule has 1 saturated heterocycles. The fourth-order valence-electron chi connectivity index (χ4n) is 4.51. The van der Waals surface area contributed by atoms with Gasteiger partial charge in [0, 0.05) is 59.8 Å². The van der Waals surface area contributed by atoms with Gasteiger partial charge in [-0.1, -0.05) is 17.7 Å². The third-order valence-corrected chi connectivity index (χ3v) is 8.07. The zero-order valence-electron chi connectivity index (χ0n) is 20.3. The molecule has 0 aliphatic carbocycles. The van der Waals surface area contributed by atoms with Gasteiger partial charge in [-0.2, -0.15) is 0 Å². The van der Waals surface area contributed by atoms with Crippen LogP contribution in [0.3, 0.4) is 0 Å². The Labute approximate surface area is 202 Å². The molecule has 0 spiro atoms. The lowest BCUT2D eigenvalue weighted by Crippen LogP contribution is -2.47. The zero-order chi connectivity index (χ0) is 24.2. The molecule has 9 nitrogen and oxygen atoms in total. The third-order valence-electron chi connectivity index (χ3n) is 6.61. The number of hydrogen-bond donors (Lipinski definition) is 0. The van der Waals surface area contributed by atoms with Crippen LogP contribution in [-0.2, 0) is 31.8 Å². The second-order valence-corrected chi connectivity index (χ2v) is 10.6. The van der Waals surface area contributed by atoms with E-state index in [9.17, 15) is 14.1 Å². The Hall–Kier alpha value is -2.40. The maximum absolute atomic E-state index is 12.8. The zero-order valence-corrected chi connectivity index (χ0v) is 21.1. The van der Waals surface area contributed by atoms with Crippen LogP contribution in [0, 0.1) is 6.92 Å². The number of rotatable bonds is 9. The monoisotopic (exact) mass is 486 g/mol. The van der Waals surface area contributed by atoms with E-state index in [2.05, 4.69) is 14.8 Å². The molecule has 1 aromatic carbocycles. The van der Waals surface area contributed by atoms with Gasteiger partial charge in [0.05, 0.1) is 6.33 Å². The van der Waals surface area contributed by atoms with Gasteiger partial charge in [-0.05, 0) is 43.2 Å². The molecule has 4 rings (SSSR count). The smallest absolute Gasteiger partial charge is 0.332 e. The highest BCUT2D eigenvalue weighted by molar-refractivity contribution is 7.91. The molecule has 0 bridgehead atoms. The van der Waals surface area contributed by atoms with E-state index in [1.165, 1.54) is 14.7 Å². The van der Waals surface area contributed by atoms with Crippen molar-refractivity contribution in [2.24, 2.45) is 14.1 Å². The minimum absolute atomic E-state index is 0.272. The van der Waals surface area contributed by atoms with E-state index in [0.717, 1.165) is 57.0 Å². The number of aromatic nitrogens is 4. The van der Waals surface area contributed by atoms with Crippen LogP contribution in [0.1, 0.15) is 18.4 Å². The van der Waals surface area contributed by atoms with Crippen molar-refractivity contribution in [2.45, 2.75) is 31.2 Å². The molecule has 0 radical (unpaired) electrons. The Bertz CT molecular complexity index is 1220. The second-order valence-electron chi connectivity index (χ2n) is 9.08. The molecule has 1 atom stereocenters. The third kappa shape index (κ3) is 5.46. The van der Waals surface area contributed by atoms with Crippen molar-refractivity contribution in [1.29, 1.82) is 0 Å². The number of piperazine rings is 1. The number of fused-ring (bicyclic) bond motifs is 1. The van der Waals surface area contributed by atoms with Crippen molar-refractivity contribution in [3.05, 3.63) is 57.0 Å². The number of nitrogens with zero attached hydrogens (tertiary/aromatic N) is 6. The summed E-state index contributed by atoms with van der Waals surface area (Å²) in [6, 6.07) is 7.95. The molecule has 3 aromatic rings. The molecule has 3 heterocycles. The molecule has 1 aliphatic heterocycles. The van der Waals surface area contributed by atoms with Crippen LogP contribution in [-0.4, -0.2) is 78.1 Å². The van der Waals surface area contributed by atoms with E-state index in [0.29, 0.717) is 23.5 Å². The summed E-state index contributed by atoms with van der Waals surface area (Å²) in [5.41, 5.74) is 1.48. The van der Waals surface area contributed by atoms with Gasteiger partial charge in [0.1, 0.15) is 5.75 Å². The van der Waals surface area contributed by atoms with E-state index in [-0.39, 0.29) is 11.2 Å². The van der Waals surface area contributed by atoms with Gasteiger partial charge in [-0.3, -0.25) is 13.9 Å².